The third kappa shape index (κ3) is 5.96. The quantitative estimate of drug-likeness (QED) is 0.432. The standard InChI is InChI=1S/C28H35N3O4/c1-6-34-24-11-7-21(8-12-24)26-19-25(29-31(26)22-9-13-23(33-5)14-10-22)20-15-17-30(18-16-20)27(32)35-28(2,3)4/h7-14,19-20H,6,15-18H2,1-5H3. The number of carbonyl (C=O) groups excluding carboxylic acids is 1. The lowest BCUT2D eigenvalue weighted by Crippen LogP contribution is -2.41. The number of nitrogens with zero attached hydrogens (tertiary/aromatic N) is 3. The van der Waals surface area contributed by atoms with E-state index in [1.165, 1.54) is 0 Å². The van der Waals surface area contributed by atoms with Crippen LogP contribution in [0.5, 0.6) is 11.5 Å². The van der Waals surface area contributed by atoms with E-state index in [4.69, 9.17) is 19.3 Å². The number of likely N-dealkylation sites (tertiary alicyclic amines) is 1. The van der Waals surface area contributed by atoms with Crippen molar-refractivity contribution in [3.8, 4) is 28.4 Å². The Morgan fingerprint density at radius 2 is 1.63 bits per heavy atom. The van der Waals surface area contributed by atoms with Crippen molar-refractivity contribution < 1.29 is 19.0 Å². The minimum Gasteiger partial charge on any atom is -0.497 e. The number of piperidine rings is 1. The summed E-state index contributed by atoms with van der Waals surface area (Å²) in [6.07, 6.45) is 1.46. The summed E-state index contributed by atoms with van der Waals surface area (Å²) in [5.74, 6) is 1.93. The van der Waals surface area contributed by atoms with Crippen LogP contribution >= 0.6 is 0 Å². The molecular formula is C28H35N3O4. The van der Waals surface area contributed by atoms with Gasteiger partial charge in [0.1, 0.15) is 17.1 Å². The topological polar surface area (TPSA) is 65.8 Å². The Balaban J connectivity index is 1.59. The maximum atomic E-state index is 12.5. The minimum absolute atomic E-state index is 0.241. The molecule has 0 unspecified atom stereocenters. The summed E-state index contributed by atoms with van der Waals surface area (Å²) in [6, 6.07) is 18.2. The van der Waals surface area contributed by atoms with Crippen LogP contribution < -0.4 is 9.47 Å². The summed E-state index contributed by atoms with van der Waals surface area (Å²) in [6.45, 7) is 9.62. The second kappa shape index (κ2) is 10.4. The average Bonchev–Trinajstić information content (AvgIpc) is 3.29. The fourth-order valence-electron chi connectivity index (χ4n) is 4.30. The van der Waals surface area contributed by atoms with E-state index in [2.05, 4.69) is 18.2 Å². The van der Waals surface area contributed by atoms with Crippen molar-refractivity contribution in [1.82, 2.24) is 14.7 Å². The number of ether oxygens (including phenoxy) is 3. The van der Waals surface area contributed by atoms with E-state index in [1.807, 2.05) is 68.8 Å². The number of benzene rings is 2. The van der Waals surface area contributed by atoms with Gasteiger partial charge in [0.15, 0.2) is 0 Å². The van der Waals surface area contributed by atoms with Crippen LogP contribution in [-0.4, -0.2) is 53.2 Å². The van der Waals surface area contributed by atoms with Crippen LogP contribution in [-0.2, 0) is 4.74 Å². The molecule has 2 heterocycles. The van der Waals surface area contributed by atoms with Gasteiger partial charge >= 0.3 is 6.09 Å². The van der Waals surface area contributed by atoms with Crippen molar-refractivity contribution in [2.24, 2.45) is 0 Å². The Morgan fingerprint density at radius 1 is 1.00 bits per heavy atom. The Bertz CT molecular complexity index is 1120. The molecule has 0 atom stereocenters. The lowest BCUT2D eigenvalue weighted by atomic mass is 9.93. The number of carbonyl (C=O) groups is 1. The molecule has 1 saturated heterocycles. The molecule has 0 bridgehead atoms. The monoisotopic (exact) mass is 477 g/mol. The van der Waals surface area contributed by atoms with Crippen molar-refractivity contribution >= 4 is 6.09 Å². The van der Waals surface area contributed by atoms with Gasteiger partial charge in [-0.05, 0) is 95.1 Å². The normalized spacial score (nSPS) is 14.6. The van der Waals surface area contributed by atoms with Gasteiger partial charge in [-0.25, -0.2) is 9.48 Å². The number of amides is 1. The fourth-order valence-corrected chi connectivity index (χ4v) is 4.30. The van der Waals surface area contributed by atoms with Gasteiger partial charge < -0.3 is 19.1 Å². The number of hydrogen-bond donors (Lipinski definition) is 0. The average molecular weight is 478 g/mol. The van der Waals surface area contributed by atoms with E-state index in [9.17, 15) is 4.79 Å². The third-order valence-corrected chi connectivity index (χ3v) is 6.07. The van der Waals surface area contributed by atoms with Crippen LogP contribution in [0.15, 0.2) is 54.6 Å². The van der Waals surface area contributed by atoms with E-state index in [0.29, 0.717) is 19.7 Å². The van der Waals surface area contributed by atoms with Gasteiger partial charge in [0.2, 0.25) is 0 Å². The highest BCUT2D eigenvalue weighted by atomic mass is 16.6. The Kier molecular flexibility index (Phi) is 7.34. The molecule has 1 fully saturated rings. The van der Waals surface area contributed by atoms with Crippen molar-refractivity contribution in [3.63, 3.8) is 0 Å². The predicted molar refractivity (Wildman–Crippen MR) is 137 cm³/mol. The summed E-state index contributed by atoms with van der Waals surface area (Å²) in [5.41, 5.74) is 3.59. The number of aromatic nitrogens is 2. The van der Waals surface area contributed by atoms with Gasteiger partial charge in [-0.15, -0.1) is 0 Å². The number of methoxy groups -OCH3 is 1. The molecule has 186 valence electrons. The lowest BCUT2D eigenvalue weighted by molar-refractivity contribution is 0.0204. The van der Waals surface area contributed by atoms with Crippen LogP contribution in [0, 0.1) is 0 Å². The van der Waals surface area contributed by atoms with Crippen LogP contribution in [0.2, 0.25) is 0 Å². The molecule has 0 spiro atoms. The molecule has 1 aliphatic rings. The summed E-state index contributed by atoms with van der Waals surface area (Å²) < 4.78 is 18.5. The molecule has 35 heavy (non-hydrogen) atoms. The van der Waals surface area contributed by atoms with E-state index in [-0.39, 0.29) is 12.0 Å². The van der Waals surface area contributed by atoms with Gasteiger partial charge in [0.25, 0.3) is 0 Å². The second-order valence-electron chi connectivity index (χ2n) is 9.76. The molecule has 4 rings (SSSR count). The zero-order valence-corrected chi connectivity index (χ0v) is 21.3. The highest BCUT2D eigenvalue weighted by molar-refractivity contribution is 5.68. The first-order valence-corrected chi connectivity index (χ1v) is 12.2. The molecule has 0 N–H and O–H groups in total. The molecule has 0 radical (unpaired) electrons. The van der Waals surface area contributed by atoms with Crippen molar-refractivity contribution in [2.45, 2.75) is 52.1 Å². The first-order chi connectivity index (χ1) is 16.8. The van der Waals surface area contributed by atoms with E-state index >= 15 is 0 Å². The Labute approximate surface area is 207 Å². The summed E-state index contributed by atoms with van der Waals surface area (Å²) >= 11 is 0. The third-order valence-electron chi connectivity index (χ3n) is 6.07. The smallest absolute Gasteiger partial charge is 0.410 e. The SMILES string of the molecule is CCOc1ccc(-c2cc(C3CCN(C(=O)OC(C)(C)C)CC3)nn2-c2ccc(OC)cc2)cc1. The van der Waals surface area contributed by atoms with Gasteiger partial charge in [-0.2, -0.15) is 5.10 Å². The molecular weight excluding hydrogens is 442 g/mol. The lowest BCUT2D eigenvalue weighted by Gasteiger charge is -2.32. The molecule has 2 aromatic carbocycles. The molecule has 7 heteroatoms. The molecule has 1 aliphatic heterocycles. The van der Waals surface area contributed by atoms with Crippen molar-refractivity contribution in [1.29, 1.82) is 0 Å². The molecule has 7 nitrogen and oxygen atoms in total. The van der Waals surface area contributed by atoms with Gasteiger partial charge in [0.05, 0.1) is 30.8 Å². The Hall–Kier alpha value is -3.48. The van der Waals surface area contributed by atoms with E-state index in [1.54, 1.807) is 12.0 Å². The van der Waals surface area contributed by atoms with Crippen LogP contribution in [0.4, 0.5) is 4.79 Å². The first-order valence-electron chi connectivity index (χ1n) is 12.2. The number of rotatable bonds is 6. The summed E-state index contributed by atoms with van der Waals surface area (Å²) in [7, 11) is 1.66. The molecule has 0 aliphatic carbocycles. The second-order valence-corrected chi connectivity index (χ2v) is 9.76. The maximum absolute atomic E-state index is 12.5. The first kappa shape index (κ1) is 24.6. The van der Waals surface area contributed by atoms with Crippen LogP contribution in [0.1, 0.15) is 52.1 Å². The zero-order chi connectivity index (χ0) is 25.0. The Morgan fingerprint density at radius 3 is 2.20 bits per heavy atom. The van der Waals surface area contributed by atoms with E-state index in [0.717, 1.165) is 47.0 Å². The molecule has 0 saturated carbocycles. The van der Waals surface area contributed by atoms with Gasteiger partial charge in [-0.3, -0.25) is 0 Å². The van der Waals surface area contributed by atoms with Gasteiger partial charge in [-0.1, -0.05) is 0 Å². The number of hydrogen-bond acceptors (Lipinski definition) is 5. The van der Waals surface area contributed by atoms with E-state index < -0.39 is 5.60 Å². The highest BCUT2D eigenvalue weighted by Crippen LogP contribution is 2.33. The summed E-state index contributed by atoms with van der Waals surface area (Å²) in [5, 5.41) is 5.03. The van der Waals surface area contributed by atoms with Crippen LogP contribution in [0.3, 0.4) is 0 Å². The fraction of sp³-hybridized carbons (Fsp3) is 0.429. The molecule has 1 aromatic heterocycles. The largest absolute Gasteiger partial charge is 0.497 e. The minimum atomic E-state index is -0.488. The highest BCUT2D eigenvalue weighted by Gasteiger charge is 2.29. The zero-order valence-electron chi connectivity index (χ0n) is 21.3. The van der Waals surface area contributed by atoms with Gasteiger partial charge in [0, 0.05) is 24.6 Å². The van der Waals surface area contributed by atoms with Crippen LogP contribution in [0.25, 0.3) is 16.9 Å². The summed E-state index contributed by atoms with van der Waals surface area (Å²) in [4.78, 5) is 14.3. The predicted octanol–water partition coefficient (Wildman–Crippen LogP) is 6.06. The van der Waals surface area contributed by atoms with Crippen molar-refractivity contribution in [2.75, 3.05) is 26.8 Å². The van der Waals surface area contributed by atoms with Crippen molar-refractivity contribution in [3.05, 3.63) is 60.3 Å². The molecule has 3 aromatic rings. The maximum Gasteiger partial charge on any atom is 0.410 e. The molecule has 1 amide bonds.